The van der Waals surface area contributed by atoms with Crippen LogP contribution in [0.5, 0.6) is 0 Å². The second kappa shape index (κ2) is 4.08. The van der Waals surface area contributed by atoms with Crippen LogP contribution in [0.25, 0.3) is 0 Å². The Morgan fingerprint density at radius 2 is 1.62 bits per heavy atom. The van der Waals surface area contributed by atoms with Gasteiger partial charge in [-0.05, 0) is 17.5 Å². The molecule has 0 amide bonds. The van der Waals surface area contributed by atoms with E-state index < -0.39 is 57.0 Å². The molecule has 0 atom stereocenters. The molecule has 2 N–H and O–H groups in total. The molecular formula is C7H6BF3O4S. The number of halogens is 3. The van der Waals surface area contributed by atoms with Gasteiger partial charge in [-0.15, -0.1) is 0 Å². The standard InChI is InChI=1S/C7H6BF3O4S/c9-7(10,11)16(14,15)6-3-1-5(2-4-6)8(12)13/h1-4,12-13H/i1D,2D,3D,4D. The topological polar surface area (TPSA) is 74.6 Å². The Morgan fingerprint density at radius 3 is 1.94 bits per heavy atom. The Morgan fingerprint density at radius 1 is 1.19 bits per heavy atom. The smallest absolute Gasteiger partial charge is 0.423 e. The maximum Gasteiger partial charge on any atom is 0.501 e. The van der Waals surface area contributed by atoms with Gasteiger partial charge in [0.05, 0.1) is 10.4 Å². The van der Waals surface area contributed by atoms with Gasteiger partial charge < -0.3 is 10.0 Å². The summed E-state index contributed by atoms with van der Waals surface area (Å²) in [6, 6.07) is -5.59. The van der Waals surface area contributed by atoms with Crippen LogP contribution in [0.15, 0.2) is 29.1 Å². The third kappa shape index (κ3) is 2.37. The maximum atomic E-state index is 12.4. The van der Waals surface area contributed by atoms with Crippen molar-refractivity contribution in [2.75, 3.05) is 0 Å². The van der Waals surface area contributed by atoms with E-state index in [-0.39, 0.29) is 0 Å². The van der Waals surface area contributed by atoms with Crippen LogP contribution in [-0.4, -0.2) is 31.1 Å². The van der Waals surface area contributed by atoms with E-state index in [0.717, 1.165) is 0 Å². The van der Waals surface area contributed by atoms with Crippen molar-refractivity contribution in [2.24, 2.45) is 0 Å². The van der Waals surface area contributed by atoms with Crippen molar-refractivity contribution in [3.63, 3.8) is 0 Å². The molecule has 0 spiro atoms. The molecule has 9 heteroatoms. The third-order valence-electron chi connectivity index (χ3n) is 1.45. The molecule has 0 radical (unpaired) electrons. The van der Waals surface area contributed by atoms with Crippen molar-refractivity contribution in [1.82, 2.24) is 0 Å². The quantitative estimate of drug-likeness (QED) is 0.711. The molecule has 16 heavy (non-hydrogen) atoms. The summed E-state index contributed by atoms with van der Waals surface area (Å²) in [5, 5.41) is 17.7. The first kappa shape index (κ1) is 8.10. The van der Waals surface area contributed by atoms with E-state index in [9.17, 15) is 21.6 Å². The molecule has 1 rings (SSSR count). The highest BCUT2D eigenvalue weighted by Gasteiger charge is 2.46. The van der Waals surface area contributed by atoms with Crippen LogP contribution in [-0.2, 0) is 9.84 Å². The van der Waals surface area contributed by atoms with Crippen LogP contribution < -0.4 is 5.46 Å². The van der Waals surface area contributed by atoms with E-state index in [2.05, 4.69) is 0 Å². The predicted octanol–water partition coefficient (Wildman–Crippen LogP) is -0.340. The number of benzene rings is 1. The normalized spacial score (nSPS) is 16.1. The number of alkyl halides is 3. The Balaban J connectivity index is 3.88. The summed E-state index contributed by atoms with van der Waals surface area (Å²) in [6.45, 7) is 0. The summed E-state index contributed by atoms with van der Waals surface area (Å²) in [5.41, 5.74) is -6.82. The molecular weight excluding hydrogens is 248 g/mol. The highest BCUT2D eigenvalue weighted by atomic mass is 32.2. The van der Waals surface area contributed by atoms with Crippen molar-refractivity contribution in [3.05, 3.63) is 24.2 Å². The Labute approximate surface area is 95.0 Å². The minimum atomic E-state index is -6.10. The second-order valence-corrected chi connectivity index (χ2v) is 4.44. The first-order valence-electron chi connectivity index (χ1n) is 5.61. The molecule has 0 bridgehead atoms. The van der Waals surface area contributed by atoms with Gasteiger partial charge in [0.25, 0.3) is 9.84 Å². The molecule has 0 aromatic heterocycles. The van der Waals surface area contributed by atoms with Crippen molar-refractivity contribution in [2.45, 2.75) is 10.4 Å². The van der Waals surface area contributed by atoms with Crippen molar-refractivity contribution in [1.29, 1.82) is 0 Å². The summed E-state index contributed by atoms with van der Waals surface area (Å²) in [5.74, 6) is 0. The number of hydrogen-bond donors (Lipinski definition) is 2. The van der Waals surface area contributed by atoms with Crippen molar-refractivity contribution >= 4 is 22.4 Å². The Kier molecular flexibility index (Phi) is 2.06. The van der Waals surface area contributed by atoms with Gasteiger partial charge >= 0.3 is 12.6 Å². The van der Waals surface area contributed by atoms with Crippen LogP contribution in [0.1, 0.15) is 5.48 Å². The second-order valence-electron chi connectivity index (χ2n) is 2.57. The lowest BCUT2D eigenvalue weighted by molar-refractivity contribution is -0.0436. The molecule has 4 nitrogen and oxygen atoms in total. The van der Waals surface area contributed by atoms with E-state index in [0.29, 0.717) is 0 Å². The lowest BCUT2D eigenvalue weighted by Crippen LogP contribution is -2.30. The first-order valence-corrected chi connectivity index (χ1v) is 5.10. The zero-order valence-corrected chi connectivity index (χ0v) is 8.15. The molecule has 1 aromatic carbocycles. The summed E-state index contributed by atoms with van der Waals surface area (Å²) < 4.78 is 88.6. The fraction of sp³-hybridized carbons (Fsp3) is 0.143. The Bertz CT molecular complexity index is 632. The molecule has 0 aliphatic rings. The summed E-state index contributed by atoms with van der Waals surface area (Å²) in [7, 11) is -8.60. The average Bonchev–Trinajstić information content (AvgIpc) is 2.24. The maximum absolute atomic E-state index is 12.4. The highest BCUT2D eigenvalue weighted by Crippen LogP contribution is 2.29. The zero-order valence-electron chi connectivity index (χ0n) is 11.3. The van der Waals surface area contributed by atoms with Gasteiger partial charge in [-0.2, -0.15) is 13.2 Å². The molecule has 0 fully saturated rings. The zero-order chi connectivity index (χ0) is 16.0. The SMILES string of the molecule is [2H]c1c([2H])c(S(=O)(=O)C(F)(F)F)c([2H])c([2H])c1B(O)O. The van der Waals surface area contributed by atoms with E-state index >= 15 is 0 Å². The molecule has 0 aliphatic carbocycles. The predicted molar refractivity (Wildman–Crippen MR) is 49.5 cm³/mol. The van der Waals surface area contributed by atoms with Gasteiger partial charge in [-0.1, -0.05) is 12.1 Å². The summed E-state index contributed by atoms with van der Waals surface area (Å²) in [4.78, 5) is -1.86. The molecule has 0 heterocycles. The summed E-state index contributed by atoms with van der Waals surface area (Å²) >= 11 is 0. The monoisotopic (exact) mass is 258 g/mol. The van der Waals surface area contributed by atoms with E-state index in [4.69, 9.17) is 15.5 Å². The lowest BCUT2D eigenvalue weighted by Gasteiger charge is -2.08. The van der Waals surface area contributed by atoms with Gasteiger partial charge in [0, 0.05) is 0 Å². The van der Waals surface area contributed by atoms with Crippen molar-refractivity contribution in [3.8, 4) is 0 Å². The van der Waals surface area contributed by atoms with Gasteiger partial charge in [-0.25, -0.2) is 8.42 Å². The van der Waals surface area contributed by atoms with E-state index in [1.165, 1.54) is 0 Å². The van der Waals surface area contributed by atoms with Crippen LogP contribution in [0.4, 0.5) is 13.2 Å². The minimum absolute atomic E-state index is 1.01. The third-order valence-corrected chi connectivity index (χ3v) is 2.80. The lowest BCUT2D eigenvalue weighted by atomic mass is 9.81. The van der Waals surface area contributed by atoms with Crippen molar-refractivity contribution < 1.29 is 37.1 Å². The average molecular weight is 258 g/mol. The van der Waals surface area contributed by atoms with Crippen LogP contribution in [0.3, 0.4) is 0 Å². The van der Waals surface area contributed by atoms with Gasteiger partial charge in [0.15, 0.2) is 0 Å². The van der Waals surface area contributed by atoms with Crippen LogP contribution in [0, 0.1) is 0 Å². The molecule has 0 saturated carbocycles. The number of rotatable bonds is 2. The van der Waals surface area contributed by atoms with E-state index in [1.54, 1.807) is 0 Å². The number of hydrogen-bond acceptors (Lipinski definition) is 4. The molecule has 0 unspecified atom stereocenters. The molecule has 88 valence electrons. The fourth-order valence-corrected chi connectivity index (χ4v) is 1.29. The molecule has 1 aromatic rings. The van der Waals surface area contributed by atoms with Gasteiger partial charge in [-0.3, -0.25) is 0 Å². The minimum Gasteiger partial charge on any atom is -0.423 e. The number of sulfone groups is 1. The van der Waals surface area contributed by atoms with Gasteiger partial charge in [0.1, 0.15) is 0 Å². The van der Waals surface area contributed by atoms with Crippen LogP contribution in [0.2, 0.25) is 0 Å². The fourth-order valence-electron chi connectivity index (χ4n) is 0.690. The highest BCUT2D eigenvalue weighted by molar-refractivity contribution is 7.92. The van der Waals surface area contributed by atoms with Crippen LogP contribution >= 0.6 is 0 Å². The Hall–Kier alpha value is -1.06. The summed E-state index contributed by atoms with van der Waals surface area (Å²) in [6.07, 6.45) is 0. The largest absolute Gasteiger partial charge is 0.501 e. The first-order chi connectivity index (χ1) is 8.84. The molecule has 0 saturated heterocycles. The van der Waals surface area contributed by atoms with E-state index in [1.807, 2.05) is 0 Å². The van der Waals surface area contributed by atoms with Gasteiger partial charge in [0.2, 0.25) is 0 Å². The molecule has 0 aliphatic heterocycles.